The van der Waals surface area contributed by atoms with Crippen molar-refractivity contribution in [2.75, 3.05) is 6.61 Å². The number of para-hydroxylation sites is 2. The fourth-order valence-electron chi connectivity index (χ4n) is 2.08. The molecule has 2 aromatic rings. The smallest absolute Gasteiger partial charge is 0.349 e. The van der Waals surface area contributed by atoms with Gasteiger partial charge in [0.2, 0.25) is 0 Å². The fraction of sp³-hybridized carbons (Fsp3) is 0.235. The van der Waals surface area contributed by atoms with Gasteiger partial charge in [-0.2, -0.15) is 0 Å². The van der Waals surface area contributed by atoms with E-state index in [1.165, 1.54) is 18.2 Å². The highest BCUT2D eigenvalue weighted by atomic mass is 79.9. The lowest BCUT2D eigenvalue weighted by atomic mass is 10.0. The highest BCUT2D eigenvalue weighted by Gasteiger charge is 2.17. The molecule has 0 fully saturated rings. The second kappa shape index (κ2) is 7.92. The molecule has 0 saturated heterocycles. The summed E-state index contributed by atoms with van der Waals surface area (Å²) < 4.78 is 11.5. The number of nitro groups is 1. The molecule has 126 valence electrons. The number of nitrogens with zero attached hydrogens (tertiary/aromatic N) is 1. The van der Waals surface area contributed by atoms with Crippen LogP contribution in [0.2, 0.25) is 0 Å². The Kier molecular flexibility index (Phi) is 5.92. The van der Waals surface area contributed by atoms with Crippen LogP contribution in [0, 0.1) is 10.1 Å². The lowest BCUT2D eigenvalue weighted by molar-refractivity contribution is -0.385. The van der Waals surface area contributed by atoms with Gasteiger partial charge in [0.25, 0.3) is 0 Å². The minimum absolute atomic E-state index is 0.0272. The van der Waals surface area contributed by atoms with Crippen molar-refractivity contribution in [3.05, 3.63) is 62.6 Å². The summed E-state index contributed by atoms with van der Waals surface area (Å²) in [6.07, 6.45) is 0. The number of ether oxygens (including phenoxy) is 2. The second-order valence-corrected chi connectivity index (χ2v) is 6.24. The topological polar surface area (TPSA) is 78.7 Å². The standard InChI is InChI=1S/C17H16BrNO5/c1-11(2)13-9-12(18)7-8-15(13)24-17(20)10-23-16-6-4-3-5-14(16)19(21)22/h3-9,11H,10H2,1-2H3. The van der Waals surface area contributed by atoms with Crippen LogP contribution in [0.4, 0.5) is 5.69 Å². The van der Waals surface area contributed by atoms with Crippen LogP contribution >= 0.6 is 15.9 Å². The zero-order valence-corrected chi connectivity index (χ0v) is 14.8. The summed E-state index contributed by atoms with van der Waals surface area (Å²) in [6, 6.07) is 11.2. The van der Waals surface area contributed by atoms with E-state index in [9.17, 15) is 14.9 Å². The molecule has 0 aliphatic rings. The number of nitro benzene ring substituents is 1. The summed E-state index contributed by atoms with van der Waals surface area (Å²) >= 11 is 3.38. The SMILES string of the molecule is CC(C)c1cc(Br)ccc1OC(=O)COc1ccccc1[N+](=O)[O-]. The van der Waals surface area contributed by atoms with Gasteiger partial charge in [-0.05, 0) is 35.7 Å². The molecule has 24 heavy (non-hydrogen) atoms. The monoisotopic (exact) mass is 393 g/mol. The summed E-state index contributed by atoms with van der Waals surface area (Å²) in [4.78, 5) is 22.3. The van der Waals surface area contributed by atoms with Gasteiger partial charge in [-0.1, -0.05) is 41.9 Å². The highest BCUT2D eigenvalue weighted by molar-refractivity contribution is 9.10. The third-order valence-electron chi connectivity index (χ3n) is 3.23. The van der Waals surface area contributed by atoms with Crippen LogP contribution in [-0.4, -0.2) is 17.5 Å². The molecule has 0 aliphatic carbocycles. The van der Waals surface area contributed by atoms with Crippen molar-refractivity contribution in [2.45, 2.75) is 19.8 Å². The van der Waals surface area contributed by atoms with Crippen LogP contribution in [-0.2, 0) is 4.79 Å². The quantitative estimate of drug-likeness (QED) is 0.313. The maximum absolute atomic E-state index is 12.0. The van der Waals surface area contributed by atoms with Gasteiger partial charge in [-0.3, -0.25) is 10.1 Å². The molecule has 0 amide bonds. The minimum atomic E-state index is -0.627. The van der Waals surface area contributed by atoms with E-state index in [2.05, 4.69) is 15.9 Å². The van der Waals surface area contributed by atoms with Crippen molar-refractivity contribution in [1.29, 1.82) is 0 Å². The van der Waals surface area contributed by atoms with Crippen LogP contribution < -0.4 is 9.47 Å². The number of rotatable bonds is 6. The summed E-state index contributed by atoms with van der Waals surface area (Å²) in [5, 5.41) is 10.9. The van der Waals surface area contributed by atoms with Crippen molar-refractivity contribution in [3.8, 4) is 11.5 Å². The maximum atomic E-state index is 12.0. The Hall–Kier alpha value is -2.41. The Morgan fingerprint density at radius 2 is 1.92 bits per heavy atom. The van der Waals surface area contributed by atoms with Crippen LogP contribution in [0.1, 0.15) is 25.3 Å². The third-order valence-corrected chi connectivity index (χ3v) is 3.72. The van der Waals surface area contributed by atoms with Crippen molar-refractivity contribution >= 4 is 27.6 Å². The normalized spacial score (nSPS) is 10.5. The molecule has 0 atom stereocenters. The summed E-state index contributed by atoms with van der Waals surface area (Å²) in [7, 11) is 0. The first-order chi connectivity index (χ1) is 11.4. The lowest BCUT2D eigenvalue weighted by Gasteiger charge is -2.13. The molecule has 0 heterocycles. The summed E-state index contributed by atoms with van der Waals surface area (Å²) in [6.45, 7) is 3.56. The first kappa shape index (κ1) is 17.9. The molecule has 0 aromatic heterocycles. The number of hydrogen-bond donors (Lipinski definition) is 0. The van der Waals surface area contributed by atoms with Crippen molar-refractivity contribution < 1.29 is 19.2 Å². The first-order valence-corrected chi connectivity index (χ1v) is 8.04. The summed E-state index contributed by atoms with van der Waals surface area (Å²) in [5.41, 5.74) is 0.681. The zero-order valence-electron chi connectivity index (χ0n) is 13.2. The predicted molar refractivity (Wildman–Crippen MR) is 92.5 cm³/mol. The molecule has 0 spiro atoms. The lowest BCUT2D eigenvalue weighted by Crippen LogP contribution is -2.19. The van der Waals surface area contributed by atoms with Crippen molar-refractivity contribution in [3.63, 3.8) is 0 Å². The van der Waals surface area contributed by atoms with E-state index < -0.39 is 17.5 Å². The molecular weight excluding hydrogens is 378 g/mol. The molecule has 2 aromatic carbocycles. The molecule has 6 nitrogen and oxygen atoms in total. The summed E-state index contributed by atoms with van der Waals surface area (Å²) in [5.74, 6) is 0.0162. The number of halogens is 1. The highest BCUT2D eigenvalue weighted by Crippen LogP contribution is 2.30. The molecule has 0 bridgehead atoms. The molecule has 7 heteroatoms. The number of carbonyl (C=O) groups excluding carboxylic acids is 1. The van der Waals surface area contributed by atoms with Crippen LogP contribution in [0.3, 0.4) is 0 Å². The largest absolute Gasteiger partial charge is 0.475 e. The zero-order chi connectivity index (χ0) is 17.7. The van der Waals surface area contributed by atoms with Crippen LogP contribution in [0.15, 0.2) is 46.9 Å². The van der Waals surface area contributed by atoms with E-state index in [-0.39, 0.29) is 17.4 Å². The Balaban J connectivity index is 2.06. The molecule has 2 rings (SSSR count). The van der Waals surface area contributed by atoms with Gasteiger partial charge in [-0.15, -0.1) is 0 Å². The van der Waals surface area contributed by atoms with Gasteiger partial charge >= 0.3 is 11.7 Å². The average Bonchev–Trinajstić information content (AvgIpc) is 2.54. The molecule has 0 radical (unpaired) electrons. The number of esters is 1. The van der Waals surface area contributed by atoms with Gasteiger partial charge in [0, 0.05) is 10.5 Å². The van der Waals surface area contributed by atoms with Gasteiger partial charge in [-0.25, -0.2) is 4.79 Å². The average molecular weight is 394 g/mol. The minimum Gasteiger partial charge on any atom is -0.475 e. The van der Waals surface area contributed by atoms with Crippen LogP contribution in [0.25, 0.3) is 0 Å². The number of carbonyl (C=O) groups is 1. The van der Waals surface area contributed by atoms with Gasteiger partial charge in [0.05, 0.1) is 4.92 Å². The van der Waals surface area contributed by atoms with Gasteiger partial charge in [0.15, 0.2) is 12.4 Å². The molecule has 0 saturated carbocycles. The van der Waals surface area contributed by atoms with Gasteiger partial charge in [0.1, 0.15) is 5.75 Å². The first-order valence-electron chi connectivity index (χ1n) is 7.25. The van der Waals surface area contributed by atoms with E-state index in [1.807, 2.05) is 19.9 Å². The van der Waals surface area contributed by atoms with E-state index in [0.717, 1.165) is 10.0 Å². The number of hydrogen-bond acceptors (Lipinski definition) is 5. The number of benzene rings is 2. The fourth-order valence-corrected chi connectivity index (χ4v) is 2.46. The van der Waals surface area contributed by atoms with E-state index >= 15 is 0 Å². The van der Waals surface area contributed by atoms with E-state index in [1.54, 1.807) is 18.2 Å². The van der Waals surface area contributed by atoms with Crippen molar-refractivity contribution in [1.82, 2.24) is 0 Å². The second-order valence-electron chi connectivity index (χ2n) is 5.32. The van der Waals surface area contributed by atoms with E-state index in [0.29, 0.717) is 5.75 Å². The predicted octanol–water partition coefficient (Wildman–Crippen LogP) is 4.47. The molecule has 0 aliphatic heterocycles. The Bertz CT molecular complexity index is 760. The third kappa shape index (κ3) is 4.55. The Morgan fingerprint density at radius 3 is 2.58 bits per heavy atom. The van der Waals surface area contributed by atoms with Gasteiger partial charge < -0.3 is 9.47 Å². The van der Waals surface area contributed by atoms with Crippen molar-refractivity contribution in [2.24, 2.45) is 0 Å². The van der Waals surface area contributed by atoms with E-state index in [4.69, 9.17) is 9.47 Å². The van der Waals surface area contributed by atoms with Crippen LogP contribution in [0.5, 0.6) is 11.5 Å². The molecule has 0 N–H and O–H groups in total. The maximum Gasteiger partial charge on any atom is 0.349 e. The Labute approximate surface area is 147 Å². The molecular formula is C17H16BrNO5. The molecule has 0 unspecified atom stereocenters. The Morgan fingerprint density at radius 1 is 1.21 bits per heavy atom.